The number of carbonyl (C=O) groups excluding carboxylic acids is 1. The van der Waals surface area contributed by atoms with Crippen LogP contribution in [0.4, 0.5) is 4.39 Å². The van der Waals surface area contributed by atoms with E-state index in [0.29, 0.717) is 0 Å². The zero-order valence-corrected chi connectivity index (χ0v) is 10.9. The van der Waals surface area contributed by atoms with Crippen LogP contribution in [0.15, 0.2) is 18.2 Å². The number of benzene rings is 1. The zero-order chi connectivity index (χ0) is 13.7. The van der Waals surface area contributed by atoms with Gasteiger partial charge in [-0.3, -0.25) is 4.79 Å². The molecule has 1 fully saturated rings. The number of hydrogen-bond donors (Lipinski definition) is 0. The number of rotatable bonds is 2. The molecule has 1 aromatic rings. The van der Waals surface area contributed by atoms with Crippen LogP contribution in [0.1, 0.15) is 29.6 Å². The highest BCUT2D eigenvalue weighted by Gasteiger charge is 2.09. The van der Waals surface area contributed by atoms with Crippen LogP contribution in [0.5, 0.6) is 5.75 Å². The highest BCUT2D eigenvalue weighted by Crippen LogP contribution is 2.17. The fourth-order valence-electron chi connectivity index (χ4n) is 2.02. The fourth-order valence-corrected chi connectivity index (χ4v) is 2.02. The second-order valence-electron chi connectivity index (χ2n) is 4.46. The third-order valence-corrected chi connectivity index (χ3v) is 3.10. The molecular formula is C15H16FNO2. The van der Waals surface area contributed by atoms with Crippen LogP contribution >= 0.6 is 0 Å². The monoisotopic (exact) mass is 261 g/mol. The first-order valence-corrected chi connectivity index (χ1v) is 6.35. The van der Waals surface area contributed by atoms with Crippen molar-refractivity contribution in [1.29, 1.82) is 0 Å². The quantitative estimate of drug-likeness (QED) is 0.605. The Bertz CT molecular complexity index is 525. The van der Waals surface area contributed by atoms with Gasteiger partial charge >= 0.3 is 0 Å². The van der Waals surface area contributed by atoms with E-state index < -0.39 is 5.82 Å². The Hall–Kier alpha value is -2.02. The highest BCUT2D eigenvalue weighted by atomic mass is 19.1. The third kappa shape index (κ3) is 3.47. The van der Waals surface area contributed by atoms with Gasteiger partial charge in [-0.2, -0.15) is 0 Å². The number of halogens is 1. The normalized spacial score (nSPS) is 14.5. The lowest BCUT2D eigenvalue weighted by Crippen LogP contribution is -2.25. The molecule has 0 spiro atoms. The summed E-state index contributed by atoms with van der Waals surface area (Å²) in [5.41, 5.74) is 0.253. The first kappa shape index (κ1) is 13.4. The SMILES string of the molecule is COc1ccc(C(=O)C#CN2CCCCC2)cc1F. The molecule has 0 amide bonds. The van der Waals surface area contributed by atoms with Gasteiger partial charge in [0.05, 0.1) is 7.11 Å². The second-order valence-corrected chi connectivity index (χ2v) is 4.46. The summed E-state index contributed by atoms with van der Waals surface area (Å²) >= 11 is 0. The van der Waals surface area contributed by atoms with Gasteiger partial charge in [-0.05, 0) is 43.4 Å². The zero-order valence-electron chi connectivity index (χ0n) is 10.9. The fraction of sp³-hybridized carbons (Fsp3) is 0.400. The van der Waals surface area contributed by atoms with E-state index in [1.54, 1.807) is 0 Å². The van der Waals surface area contributed by atoms with Crippen molar-refractivity contribution in [2.24, 2.45) is 0 Å². The molecule has 3 nitrogen and oxygen atoms in total. The predicted octanol–water partition coefficient (Wildman–Crippen LogP) is 2.46. The van der Waals surface area contributed by atoms with E-state index in [1.165, 1.54) is 25.7 Å². The Balaban J connectivity index is 2.07. The Kier molecular flexibility index (Phi) is 4.40. The summed E-state index contributed by atoms with van der Waals surface area (Å²) in [6.45, 7) is 1.80. The number of ketones is 1. The van der Waals surface area contributed by atoms with Crippen LogP contribution in [0.2, 0.25) is 0 Å². The van der Waals surface area contributed by atoms with Crippen LogP contribution in [0.25, 0.3) is 0 Å². The van der Waals surface area contributed by atoms with Gasteiger partial charge in [0.2, 0.25) is 5.78 Å². The molecule has 0 aliphatic carbocycles. The number of carbonyl (C=O) groups is 1. The molecule has 1 heterocycles. The molecule has 1 aromatic carbocycles. The van der Waals surface area contributed by atoms with Crippen molar-refractivity contribution in [3.63, 3.8) is 0 Å². The van der Waals surface area contributed by atoms with Crippen LogP contribution in [0, 0.1) is 17.8 Å². The van der Waals surface area contributed by atoms with Gasteiger partial charge in [0.15, 0.2) is 11.6 Å². The predicted molar refractivity (Wildman–Crippen MR) is 70.5 cm³/mol. The molecule has 4 heteroatoms. The van der Waals surface area contributed by atoms with Crippen molar-refractivity contribution in [2.45, 2.75) is 19.3 Å². The molecule has 0 aromatic heterocycles. The molecule has 19 heavy (non-hydrogen) atoms. The summed E-state index contributed by atoms with van der Waals surface area (Å²) in [4.78, 5) is 13.8. The lowest BCUT2D eigenvalue weighted by Gasteiger charge is -2.21. The van der Waals surface area contributed by atoms with Crippen molar-refractivity contribution in [3.8, 4) is 17.7 Å². The number of likely N-dealkylation sites (tertiary alicyclic amines) is 1. The number of hydrogen-bond acceptors (Lipinski definition) is 3. The van der Waals surface area contributed by atoms with E-state index in [0.717, 1.165) is 32.0 Å². The number of piperidine rings is 1. The maximum Gasteiger partial charge on any atom is 0.237 e. The van der Waals surface area contributed by atoms with E-state index in [9.17, 15) is 9.18 Å². The van der Waals surface area contributed by atoms with E-state index in [-0.39, 0.29) is 17.1 Å². The van der Waals surface area contributed by atoms with Crippen molar-refractivity contribution in [2.75, 3.05) is 20.2 Å². The minimum absolute atomic E-state index is 0.125. The Labute approximate surface area is 112 Å². The molecule has 0 bridgehead atoms. The van der Waals surface area contributed by atoms with E-state index >= 15 is 0 Å². The molecule has 0 unspecified atom stereocenters. The first-order chi connectivity index (χ1) is 9.20. The van der Waals surface area contributed by atoms with Crippen molar-refractivity contribution < 1.29 is 13.9 Å². The standard InChI is InChI=1S/C15H16FNO2/c1-19-15-6-5-12(11-13(15)16)14(18)7-10-17-8-3-2-4-9-17/h5-6,11H,2-4,8-9H2,1H3. The average Bonchev–Trinajstić information content (AvgIpc) is 2.45. The minimum Gasteiger partial charge on any atom is -0.494 e. The number of methoxy groups -OCH3 is 1. The molecular weight excluding hydrogens is 245 g/mol. The van der Waals surface area contributed by atoms with Crippen LogP contribution in [-0.4, -0.2) is 30.9 Å². The summed E-state index contributed by atoms with van der Waals surface area (Å²) in [5, 5.41) is 0. The molecule has 0 atom stereocenters. The topological polar surface area (TPSA) is 29.5 Å². The molecule has 0 saturated carbocycles. The average molecular weight is 261 g/mol. The van der Waals surface area contributed by atoms with Gasteiger partial charge < -0.3 is 9.64 Å². The van der Waals surface area contributed by atoms with E-state index in [4.69, 9.17) is 4.74 Å². The molecule has 0 radical (unpaired) electrons. The van der Waals surface area contributed by atoms with Crippen LogP contribution < -0.4 is 4.74 Å². The van der Waals surface area contributed by atoms with Crippen molar-refractivity contribution in [1.82, 2.24) is 4.90 Å². The third-order valence-electron chi connectivity index (χ3n) is 3.10. The van der Waals surface area contributed by atoms with E-state index in [1.807, 2.05) is 4.90 Å². The van der Waals surface area contributed by atoms with Crippen molar-refractivity contribution >= 4 is 5.78 Å². The van der Waals surface area contributed by atoms with Crippen LogP contribution in [-0.2, 0) is 0 Å². The van der Waals surface area contributed by atoms with Gasteiger partial charge in [0.1, 0.15) is 0 Å². The summed E-state index contributed by atoms with van der Waals surface area (Å²) in [6, 6.07) is 6.97. The second kappa shape index (κ2) is 6.24. The lowest BCUT2D eigenvalue weighted by atomic mass is 10.1. The summed E-state index contributed by atoms with van der Waals surface area (Å²) in [7, 11) is 1.38. The lowest BCUT2D eigenvalue weighted by molar-refractivity contribution is 0.105. The van der Waals surface area contributed by atoms with E-state index in [2.05, 4.69) is 12.0 Å². The Morgan fingerprint density at radius 1 is 1.32 bits per heavy atom. The maximum atomic E-state index is 13.5. The smallest absolute Gasteiger partial charge is 0.237 e. The molecule has 100 valence electrons. The highest BCUT2D eigenvalue weighted by molar-refractivity contribution is 6.09. The maximum absolute atomic E-state index is 13.5. The number of nitrogens with zero attached hydrogens (tertiary/aromatic N) is 1. The van der Waals surface area contributed by atoms with Crippen molar-refractivity contribution in [3.05, 3.63) is 29.6 Å². The molecule has 1 saturated heterocycles. The Morgan fingerprint density at radius 2 is 2.05 bits per heavy atom. The minimum atomic E-state index is -0.548. The van der Waals surface area contributed by atoms with Gasteiger partial charge in [0, 0.05) is 24.7 Å². The number of Topliss-reactive ketones (excluding diaryl/α,β-unsaturated/α-hetero) is 1. The molecule has 1 aliphatic heterocycles. The van der Waals surface area contributed by atoms with Gasteiger partial charge in [0.25, 0.3) is 0 Å². The molecule has 0 N–H and O–H groups in total. The Morgan fingerprint density at radius 3 is 2.68 bits per heavy atom. The largest absolute Gasteiger partial charge is 0.494 e. The molecule has 1 aliphatic rings. The van der Waals surface area contributed by atoms with Gasteiger partial charge in [-0.25, -0.2) is 4.39 Å². The summed E-state index contributed by atoms with van der Waals surface area (Å²) in [5.74, 6) is 1.77. The van der Waals surface area contributed by atoms with Gasteiger partial charge in [-0.1, -0.05) is 0 Å². The summed E-state index contributed by atoms with van der Waals surface area (Å²) in [6.07, 6.45) is 3.44. The van der Waals surface area contributed by atoms with Gasteiger partial charge in [-0.15, -0.1) is 0 Å². The molecule has 2 rings (SSSR count). The summed E-state index contributed by atoms with van der Waals surface area (Å²) < 4.78 is 18.3. The first-order valence-electron chi connectivity index (χ1n) is 6.35. The van der Waals surface area contributed by atoms with Crippen LogP contribution in [0.3, 0.4) is 0 Å². The number of ether oxygens (including phenoxy) is 1.